The van der Waals surface area contributed by atoms with E-state index >= 15 is 0 Å². The average Bonchev–Trinajstić information content (AvgIpc) is 3.14. The van der Waals surface area contributed by atoms with Crippen molar-refractivity contribution >= 4 is 5.91 Å². The lowest BCUT2D eigenvalue weighted by Crippen LogP contribution is -2.39. The second-order valence-corrected chi connectivity index (χ2v) is 6.79. The van der Waals surface area contributed by atoms with Gasteiger partial charge in [-0.3, -0.25) is 4.79 Å². The normalized spacial score (nSPS) is 22.5. The monoisotopic (exact) mass is 315 g/mol. The molecule has 23 heavy (non-hydrogen) atoms. The van der Waals surface area contributed by atoms with Crippen LogP contribution in [0.1, 0.15) is 55.2 Å². The first-order valence-electron chi connectivity index (χ1n) is 9.04. The number of piperidine rings is 1. The van der Waals surface area contributed by atoms with Gasteiger partial charge in [-0.25, -0.2) is 0 Å². The van der Waals surface area contributed by atoms with Gasteiger partial charge in [0.2, 0.25) is 5.91 Å². The molecular formula is C19H29N3O. The van der Waals surface area contributed by atoms with E-state index < -0.39 is 0 Å². The van der Waals surface area contributed by atoms with E-state index in [0.29, 0.717) is 24.3 Å². The van der Waals surface area contributed by atoms with Crippen LogP contribution in [-0.4, -0.2) is 44.0 Å². The zero-order chi connectivity index (χ0) is 16.1. The van der Waals surface area contributed by atoms with Crippen LogP contribution in [0.4, 0.5) is 0 Å². The lowest BCUT2D eigenvalue weighted by atomic mass is 9.84. The summed E-state index contributed by atoms with van der Waals surface area (Å²) in [7, 11) is 1.90. The molecule has 1 aromatic rings. The summed E-state index contributed by atoms with van der Waals surface area (Å²) >= 11 is 0. The summed E-state index contributed by atoms with van der Waals surface area (Å²) in [6.45, 7) is 3.71. The van der Waals surface area contributed by atoms with Crippen LogP contribution in [0.2, 0.25) is 0 Å². The molecule has 2 N–H and O–H groups in total. The largest absolute Gasteiger partial charge is 0.343 e. The van der Waals surface area contributed by atoms with Gasteiger partial charge in [0.25, 0.3) is 0 Å². The van der Waals surface area contributed by atoms with Gasteiger partial charge < -0.3 is 15.5 Å². The molecule has 4 heteroatoms. The van der Waals surface area contributed by atoms with E-state index in [0.717, 1.165) is 39.0 Å². The Labute approximate surface area is 139 Å². The zero-order valence-corrected chi connectivity index (χ0v) is 14.2. The Bertz CT molecular complexity index is 517. The number of likely N-dealkylation sites (tertiary alicyclic amines) is 1. The summed E-state index contributed by atoms with van der Waals surface area (Å²) in [4.78, 5) is 14.2. The number of rotatable bonds is 5. The van der Waals surface area contributed by atoms with Crippen LogP contribution in [0.5, 0.6) is 0 Å². The van der Waals surface area contributed by atoms with Crippen LogP contribution in [0, 0.1) is 0 Å². The van der Waals surface area contributed by atoms with E-state index in [1.54, 1.807) is 0 Å². The number of nitrogens with zero attached hydrogens (tertiary/aromatic N) is 1. The molecule has 0 aromatic heterocycles. The highest BCUT2D eigenvalue weighted by Gasteiger charge is 2.27. The van der Waals surface area contributed by atoms with E-state index in [9.17, 15) is 4.79 Å². The van der Waals surface area contributed by atoms with Gasteiger partial charge in [0.05, 0.1) is 0 Å². The van der Waals surface area contributed by atoms with Crippen molar-refractivity contribution in [1.82, 2.24) is 15.5 Å². The van der Waals surface area contributed by atoms with Crippen molar-refractivity contribution in [3.8, 4) is 0 Å². The smallest absolute Gasteiger partial charge is 0.223 e. The van der Waals surface area contributed by atoms with Crippen LogP contribution in [0.25, 0.3) is 0 Å². The van der Waals surface area contributed by atoms with Gasteiger partial charge in [0.15, 0.2) is 0 Å². The topological polar surface area (TPSA) is 44.4 Å². The SMILES string of the molecule is CNCCC(=O)N1CCC(c2ccccc2C2CCCN2)CC1. The molecule has 1 unspecified atom stereocenters. The van der Waals surface area contributed by atoms with Crippen molar-refractivity contribution in [3.63, 3.8) is 0 Å². The molecule has 1 atom stereocenters. The van der Waals surface area contributed by atoms with Crippen LogP contribution in [-0.2, 0) is 4.79 Å². The summed E-state index contributed by atoms with van der Waals surface area (Å²) in [5, 5.41) is 6.69. The Kier molecular flexibility index (Phi) is 5.68. The number of amides is 1. The highest BCUT2D eigenvalue weighted by Crippen LogP contribution is 2.35. The molecule has 0 spiro atoms. The summed E-state index contributed by atoms with van der Waals surface area (Å²) < 4.78 is 0. The van der Waals surface area contributed by atoms with Gasteiger partial charge in [0.1, 0.15) is 0 Å². The minimum Gasteiger partial charge on any atom is -0.343 e. The molecule has 1 aromatic carbocycles. The molecule has 0 bridgehead atoms. The summed E-state index contributed by atoms with van der Waals surface area (Å²) in [5.41, 5.74) is 3.00. The van der Waals surface area contributed by atoms with Gasteiger partial charge in [-0.2, -0.15) is 0 Å². The minimum atomic E-state index is 0.295. The molecule has 126 valence electrons. The summed E-state index contributed by atoms with van der Waals surface area (Å²) in [6.07, 6.45) is 5.32. The van der Waals surface area contributed by atoms with E-state index in [-0.39, 0.29) is 0 Å². The third-order valence-corrected chi connectivity index (χ3v) is 5.31. The van der Waals surface area contributed by atoms with Gasteiger partial charge in [-0.15, -0.1) is 0 Å². The number of hydrogen-bond donors (Lipinski definition) is 2. The number of benzene rings is 1. The molecule has 0 aliphatic carbocycles. The van der Waals surface area contributed by atoms with Crippen LogP contribution < -0.4 is 10.6 Å². The van der Waals surface area contributed by atoms with E-state index in [1.165, 1.54) is 24.0 Å². The maximum atomic E-state index is 12.2. The molecule has 2 saturated heterocycles. The average molecular weight is 315 g/mol. The van der Waals surface area contributed by atoms with Crippen LogP contribution >= 0.6 is 0 Å². The Morgan fingerprint density at radius 1 is 1.22 bits per heavy atom. The Morgan fingerprint density at radius 3 is 2.61 bits per heavy atom. The van der Waals surface area contributed by atoms with Gasteiger partial charge in [-0.1, -0.05) is 24.3 Å². The van der Waals surface area contributed by atoms with E-state index in [2.05, 4.69) is 34.9 Å². The molecule has 2 fully saturated rings. The van der Waals surface area contributed by atoms with Crippen LogP contribution in [0.3, 0.4) is 0 Å². The van der Waals surface area contributed by atoms with Crippen molar-refractivity contribution in [2.75, 3.05) is 33.2 Å². The van der Waals surface area contributed by atoms with Crippen molar-refractivity contribution in [3.05, 3.63) is 35.4 Å². The number of carbonyl (C=O) groups excluding carboxylic acids is 1. The first-order chi connectivity index (χ1) is 11.3. The maximum absolute atomic E-state index is 12.2. The van der Waals surface area contributed by atoms with E-state index in [1.807, 2.05) is 11.9 Å². The highest BCUT2D eigenvalue weighted by molar-refractivity contribution is 5.76. The van der Waals surface area contributed by atoms with E-state index in [4.69, 9.17) is 0 Å². The first kappa shape index (κ1) is 16.5. The predicted octanol–water partition coefficient (Wildman–Crippen LogP) is 2.43. The second-order valence-electron chi connectivity index (χ2n) is 6.79. The van der Waals surface area contributed by atoms with Crippen molar-refractivity contribution in [1.29, 1.82) is 0 Å². The lowest BCUT2D eigenvalue weighted by molar-refractivity contribution is -0.132. The summed E-state index contributed by atoms with van der Waals surface area (Å²) in [5.74, 6) is 0.894. The highest BCUT2D eigenvalue weighted by atomic mass is 16.2. The van der Waals surface area contributed by atoms with Crippen molar-refractivity contribution in [2.24, 2.45) is 0 Å². The zero-order valence-electron chi connectivity index (χ0n) is 14.2. The Hall–Kier alpha value is -1.39. The third kappa shape index (κ3) is 3.93. The van der Waals surface area contributed by atoms with Gasteiger partial charge in [0, 0.05) is 32.1 Å². The molecular weight excluding hydrogens is 286 g/mol. The predicted molar refractivity (Wildman–Crippen MR) is 93.5 cm³/mol. The molecule has 2 aliphatic rings. The lowest BCUT2D eigenvalue weighted by Gasteiger charge is -2.33. The fourth-order valence-electron chi connectivity index (χ4n) is 3.98. The second kappa shape index (κ2) is 7.93. The fourth-order valence-corrected chi connectivity index (χ4v) is 3.98. The molecule has 2 aliphatic heterocycles. The summed E-state index contributed by atoms with van der Waals surface area (Å²) in [6, 6.07) is 9.45. The molecule has 0 saturated carbocycles. The molecule has 3 rings (SSSR count). The number of carbonyl (C=O) groups is 1. The molecule has 1 amide bonds. The Balaban J connectivity index is 1.63. The quantitative estimate of drug-likeness (QED) is 0.877. The molecule has 0 radical (unpaired) electrons. The van der Waals surface area contributed by atoms with Crippen LogP contribution in [0.15, 0.2) is 24.3 Å². The number of hydrogen-bond acceptors (Lipinski definition) is 3. The third-order valence-electron chi connectivity index (χ3n) is 5.31. The molecule has 4 nitrogen and oxygen atoms in total. The Morgan fingerprint density at radius 2 is 1.96 bits per heavy atom. The first-order valence-corrected chi connectivity index (χ1v) is 9.04. The standard InChI is InChI=1S/C19H29N3O/c1-20-12-8-19(23)22-13-9-15(10-14-22)16-5-2-3-6-17(16)18-7-4-11-21-18/h2-3,5-6,15,18,20-21H,4,7-14H2,1H3. The maximum Gasteiger partial charge on any atom is 0.223 e. The minimum absolute atomic E-state index is 0.295. The van der Waals surface area contributed by atoms with Crippen molar-refractivity contribution in [2.45, 2.75) is 44.1 Å². The van der Waals surface area contributed by atoms with Gasteiger partial charge in [-0.05, 0) is 56.3 Å². The fraction of sp³-hybridized carbons (Fsp3) is 0.632. The van der Waals surface area contributed by atoms with Crippen molar-refractivity contribution < 1.29 is 4.79 Å². The molecule has 2 heterocycles. The van der Waals surface area contributed by atoms with Gasteiger partial charge >= 0.3 is 0 Å². The number of nitrogens with one attached hydrogen (secondary N) is 2.